The lowest BCUT2D eigenvalue weighted by atomic mass is 10.0. The molecule has 120 valence electrons. The third-order valence-corrected chi connectivity index (χ3v) is 3.14. The number of anilines is 1. The number of carbonyl (C=O) groups excluding carboxylic acids is 1. The maximum atomic E-state index is 13.7. The Morgan fingerprint density at radius 1 is 1.50 bits per heavy atom. The number of aromatic carboxylic acids is 1. The highest BCUT2D eigenvalue weighted by Gasteiger charge is 2.29. The van der Waals surface area contributed by atoms with Gasteiger partial charge in [-0.3, -0.25) is 10.1 Å². The van der Waals surface area contributed by atoms with Crippen LogP contribution < -0.4 is 10.5 Å². The molecule has 22 heavy (non-hydrogen) atoms. The highest BCUT2D eigenvalue weighted by molar-refractivity contribution is 5.95. The number of rotatable bonds is 6. The van der Waals surface area contributed by atoms with Gasteiger partial charge >= 0.3 is 17.6 Å². The van der Waals surface area contributed by atoms with Crippen molar-refractivity contribution in [2.45, 2.75) is 26.4 Å². The molecule has 0 aliphatic heterocycles. The summed E-state index contributed by atoms with van der Waals surface area (Å²) in [5.74, 6) is -3.98. The number of nitrogens with two attached hydrogens (primary N) is 1. The molecule has 0 aliphatic carbocycles. The summed E-state index contributed by atoms with van der Waals surface area (Å²) in [6.45, 7) is 3.16. The van der Waals surface area contributed by atoms with Crippen LogP contribution in [0, 0.1) is 16.0 Å². The number of benzene rings is 1. The van der Waals surface area contributed by atoms with E-state index in [0.717, 1.165) is 6.07 Å². The number of ether oxygens (including phenoxy) is 1. The molecule has 0 heterocycles. The molecule has 1 aromatic carbocycles. The minimum atomic E-state index is -1.95. The highest BCUT2D eigenvalue weighted by atomic mass is 19.1. The molecule has 0 unspecified atom stereocenters. The normalized spacial score (nSPS) is 13.2. The molecule has 2 atom stereocenters. The first-order chi connectivity index (χ1) is 10.2. The van der Waals surface area contributed by atoms with Crippen molar-refractivity contribution >= 4 is 23.3 Å². The van der Waals surface area contributed by atoms with E-state index in [1.807, 2.05) is 0 Å². The van der Waals surface area contributed by atoms with Gasteiger partial charge in [0, 0.05) is 12.1 Å². The monoisotopic (exact) mass is 314 g/mol. The number of carbonyl (C=O) groups is 2. The van der Waals surface area contributed by atoms with Crippen molar-refractivity contribution in [1.82, 2.24) is 0 Å². The van der Waals surface area contributed by atoms with Crippen LogP contribution in [0.3, 0.4) is 0 Å². The van der Waals surface area contributed by atoms with E-state index >= 15 is 0 Å². The first-order valence-electron chi connectivity index (χ1n) is 6.36. The van der Waals surface area contributed by atoms with Crippen LogP contribution in [0.25, 0.3) is 0 Å². The Labute approximate surface area is 124 Å². The highest BCUT2D eigenvalue weighted by Crippen LogP contribution is 2.33. The Morgan fingerprint density at radius 2 is 2.09 bits per heavy atom. The zero-order valence-electron chi connectivity index (χ0n) is 11.9. The first-order valence-corrected chi connectivity index (χ1v) is 6.36. The predicted octanol–water partition coefficient (Wildman–Crippen LogP) is 2.16. The Morgan fingerprint density at radius 3 is 2.55 bits per heavy atom. The minimum absolute atomic E-state index is 0.333. The third kappa shape index (κ3) is 3.68. The second-order valence-electron chi connectivity index (χ2n) is 4.68. The summed E-state index contributed by atoms with van der Waals surface area (Å²) in [6.07, 6.45) is -1.58. The van der Waals surface area contributed by atoms with Gasteiger partial charge in [0.1, 0.15) is 0 Å². The standard InChI is InChI=1S/C13H15FN2O6/c1-3-6(2)11(14)13(19)22-10-5-8(15)7(12(17)18)4-9(10)16(20)21/h4-6,11H,3,15H2,1-2H3,(H,17,18)/t6-,11-/m0/s1. The minimum Gasteiger partial charge on any atom is -0.478 e. The largest absolute Gasteiger partial charge is 0.478 e. The Kier molecular flexibility index (Phi) is 5.39. The van der Waals surface area contributed by atoms with E-state index in [0.29, 0.717) is 12.5 Å². The average Bonchev–Trinajstić information content (AvgIpc) is 2.44. The van der Waals surface area contributed by atoms with Crippen molar-refractivity contribution in [3.63, 3.8) is 0 Å². The molecule has 3 N–H and O–H groups in total. The number of nitro groups is 1. The van der Waals surface area contributed by atoms with Crippen molar-refractivity contribution in [1.29, 1.82) is 0 Å². The summed E-state index contributed by atoms with van der Waals surface area (Å²) in [5, 5.41) is 19.8. The summed E-state index contributed by atoms with van der Waals surface area (Å²) in [5.41, 5.74) is 3.82. The van der Waals surface area contributed by atoms with Crippen LogP contribution in [0.5, 0.6) is 5.75 Å². The van der Waals surface area contributed by atoms with Crippen molar-refractivity contribution in [2.24, 2.45) is 5.92 Å². The van der Waals surface area contributed by atoms with Gasteiger partial charge in [-0.2, -0.15) is 0 Å². The molecule has 0 aromatic heterocycles. The van der Waals surface area contributed by atoms with E-state index in [4.69, 9.17) is 10.8 Å². The lowest BCUT2D eigenvalue weighted by Gasteiger charge is -2.14. The third-order valence-electron chi connectivity index (χ3n) is 3.14. The lowest BCUT2D eigenvalue weighted by molar-refractivity contribution is -0.385. The van der Waals surface area contributed by atoms with Gasteiger partial charge in [0.2, 0.25) is 5.75 Å². The number of esters is 1. The maximum absolute atomic E-state index is 13.7. The van der Waals surface area contributed by atoms with Crippen LogP contribution in [0.4, 0.5) is 15.8 Å². The fraction of sp³-hybridized carbons (Fsp3) is 0.385. The van der Waals surface area contributed by atoms with Gasteiger partial charge in [-0.1, -0.05) is 20.3 Å². The molecule has 9 heteroatoms. The smallest absolute Gasteiger partial charge is 0.346 e. The Bertz CT molecular complexity index is 619. The number of nitrogens with zero attached hydrogens (tertiary/aromatic N) is 1. The zero-order valence-corrected chi connectivity index (χ0v) is 11.9. The molecule has 0 fully saturated rings. The number of hydrogen-bond acceptors (Lipinski definition) is 6. The topological polar surface area (TPSA) is 133 Å². The van der Waals surface area contributed by atoms with Crippen molar-refractivity contribution in [3.05, 3.63) is 27.8 Å². The van der Waals surface area contributed by atoms with Crippen LogP contribution in [-0.2, 0) is 4.79 Å². The van der Waals surface area contributed by atoms with E-state index in [1.54, 1.807) is 6.92 Å². The molecule has 0 saturated carbocycles. The number of halogens is 1. The van der Waals surface area contributed by atoms with Crippen molar-refractivity contribution in [2.75, 3.05) is 5.73 Å². The van der Waals surface area contributed by atoms with E-state index in [1.165, 1.54) is 6.92 Å². The molecule has 0 spiro atoms. The van der Waals surface area contributed by atoms with Gasteiger partial charge in [0.25, 0.3) is 0 Å². The van der Waals surface area contributed by atoms with Crippen LogP contribution in [0.1, 0.15) is 30.6 Å². The maximum Gasteiger partial charge on any atom is 0.346 e. The second-order valence-corrected chi connectivity index (χ2v) is 4.68. The van der Waals surface area contributed by atoms with Crippen molar-refractivity contribution < 1.29 is 28.7 Å². The number of carboxylic acids is 1. The molecule has 0 amide bonds. The van der Waals surface area contributed by atoms with Gasteiger partial charge in [0.05, 0.1) is 16.2 Å². The van der Waals surface area contributed by atoms with Gasteiger partial charge in [-0.25, -0.2) is 14.0 Å². The Balaban J connectivity index is 3.19. The van der Waals surface area contributed by atoms with Crippen LogP contribution >= 0.6 is 0 Å². The van der Waals surface area contributed by atoms with E-state index < -0.39 is 46.0 Å². The van der Waals surface area contributed by atoms with Gasteiger partial charge in [-0.05, 0) is 5.92 Å². The molecule has 0 aliphatic rings. The summed E-state index contributed by atoms with van der Waals surface area (Å²) in [4.78, 5) is 32.5. The lowest BCUT2D eigenvalue weighted by Crippen LogP contribution is -2.28. The molecule has 1 rings (SSSR count). The van der Waals surface area contributed by atoms with E-state index in [-0.39, 0.29) is 5.69 Å². The number of nitrogen functional groups attached to an aromatic ring is 1. The van der Waals surface area contributed by atoms with Crippen molar-refractivity contribution in [3.8, 4) is 5.75 Å². The summed E-state index contributed by atoms with van der Waals surface area (Å²) in [7, 11) is 0. The zero-order chi connectivity index (χ0) is 17.0. The summed E-state index contributed by atoms with van der Waals surface area (Å²) < 4.78 is 18.4. The van der Waals surface area contributed by atoms with Crippen LogP contribution in [-0.4, -0.2) is 28.1 Å². The molecule has 0 radical (unpaired) electrons. The molecular formula is C13H15FN2O6. The van der Waals surface area contributed by atoms with Gasteiger partial charge in [0.15, 0.2) is 6.17 Å². The number of hydrogen-bond donors (Lipinski definition) is 2. The molecule has 0 saturated heterocycles. The second kappa shape index (κ2) is 6.83. The van der Waals surface area contributed by atoms with E-state index in [9.17, 15) is 24.1 Å². The van der Waals surface area contributed by atoms with Gasteiger partial charge < -0.3 is 15.6 Å². The van der Waals surface area contributed by atoms with Crippen LogP contribution in [0.2, 0.25) is 0 Å². The molecule has 0 bridgehead atoms. The summed E-state index contributed by atoms with van der Waals surface area (Å²) in [6, 6.07) is 1.49. The fourth-order valence-electron chi connectivity index (χ4n) is 1.60. The quantitative estimate of drug-likeness (QED) is 0.270. The molecule has 1 aromatic rings. The number of nitro benzene ring substituents is 1. The average molecular weight is 314 g/mol. The first kappa shape index (κ1) is 17.3. The SMILES string of the molecule is CC[C@H](C)[C@H](F)C(=O)Oc1cc(N)c(C(=O)O)cc1[N+](=O)[O-]. The fourth-order valence-corrected chi connectivity index (χ4v) is 1.60. The van der Waals surface area contributed by atoms with Crippen LogP contribution in [0.15, 0.2) is 12.1 Å². The van der Waals surface area contributed by atoms with Gasteiger partial charge in [-0.15, -0.1) is 0 Å². The number of alkyl halides is 1. The molecular weight excluding hydrogens is 299 g/mol. The molecule has 8 nitrogen and oxygen atoms in total. The predicted molar refractivity (Wildman–Crippen MR) is 74.5 cm³/mol. The number of carboxylic acid groups (broad SMARTS) is 1. The summed E-state index contributed by atoms with van der Waals surface area (Å²) >= 11 is 0. The van der Waals surface area contributed by atoms with E-state index in [2.05, 4.69) is 4.74 Å². The Hall–Kier alpha value is -2.71.